The summed E-state index contributed by atoms with van der Waals surface area (Å²) in [5.41, 5.74) is 1.02. The molecule has 1 aliphatic carbocycles. The fourth-order valence-corrected chi connectivity index (χ4v) is 4.65. The van der Waals surface area contributed by atoms with Crippen LogP contribution in [0.15, 0.2) is 36.4 Å². The number of halogens is 1. The van der Waals surface area contributed by atoms with Crippen molar-refractivity contribution in [2.45, 2.75) is 31.3 Å². The smallest absolute Gasteiger partial charge is 0.259 e. The summed E-state index contributed by atoms with van der Waals surface area (Å²) < 4.78 is 25.0. The number of fused-ring (bicyclic) bond motifs is 1. The Morgan fingerprint density at radius 2 is 1.86 bits per heavy atom. The third kappa shape index (κ3) is 3.98. The summed E-state index contributed by atoms with van der Waals surface area (Å²) in [6.45, 7) is 0. The number of ether oxygens (including phenoxy) is 2. The number of hydrogen-bond donors (Lipinski definition) is 2. The minimum absolute atomic E-state index is 0.0464. The maximum atomic E-state index is 13.4. The van der Waals surface area contributed by atoms with Crippen molar-refractivity contribution in [2.75, 3.05) is 19.5 Å². The van der Waals surface area contributed by atoms with Gasteiger partial charge in [0.05, 0.1) is 24.4 Å². The van der Waals surface area contributed by atoms with E-state index in [4.69, 9.17) is 9.47 Å². The standard InChI is InChI=1S/C21H22FN3O3S/c1-27-16-7-4-8-17(28-2)19(16)20(26)23-13-5-3-6-14(13)24-21-25-15-11-12(22)9-10-18(15)29-21/h4,7-11,13-14H,3,5-6H2,1-2H3,(H,23,26)(H,24,25)/t13-,14+/m0/s1. The monoisotopic (exact) mass is 415 g/mol. The molecule has 3 aromatic rings. The van der Waals surface area contributed by atoms with E-state index in [-0.39, 0.29) is 23.8 Å². The van der Waals surface area contributed by atoms with E-state index in [1.54, 1.807) is 24.3 Å². The molecule has 2 aromatic carbocycles. The molecule has 1 saturated carbocycles. The first-order chi connectivity index (χ1) is 14.1. The highest BCUT2D eigenvalue weighted by molar-refractivity contribution is 7.22. The Morgan fingerprint density at radius 1 is 1.14 bits per heavy atom. The number of nitrogens with one attached hydrogen (secondary N) is 2. The molecule has 8 heteroatoms. The number of rotatable bonds is 6. The largest absolute Gasteiger partial charge is 0.496 e. The zero-order valence-electron chi connectivity index (χ0n) is 16.2. The van der Waals surface area contributed by atoms with Crippen molar-refractivity contribution in [3.05, 3.63) is 47.8 Å². The van der Waals surface area contributed by atoms with Crippen LogP contribution in [0.2, 0.25) is 0 Å². The van der Waals surface area contributed by atoms with Crippen LogP contribution < -0.4 is 20.1 Å². The van der Waals surface area contributed by atoms with Crippen molar-refractivity contribution in [2.24, 2.45) is 0 Å². The van der Waals surface area contributed by atoms with E-state index in [1.165, 1.54) is 37.7 Å². The molecule has 2 N–H and O–H groups in total. The summed E-state index contributed by atoms with van der Waals surface area (Å²) in [5.74, 6) is 0.408. The summed E-state index contributed by atoms with van der Waals surface area (Å²) in [4.78, 5) is 17.5. The zero-order chi connectivity index (χ0) is 20.4. The number of nitrogens with zero attached hydrogens (tertiary/aromatic N) is 1. The number of carbonyl (C=O) groups is 1. The van der Waals surface area contributed by atoms with Gasteiger partial charge < -0.3 is 20.1 Å². The first-order valence-corrected chi connectivity index (χ1v) is 10.2. The second-order valence-corrected chi connectivity index (χ2v) is 7.96. The molecule has 6 nitrogen and oxygen atoms in total. The molecule has 4 rings (SSSR count). The maximum Gasteiger partial charge on any atom is 0.259 e. The summed E-state index contributed by atoms with van der Waals surface area (Å²) >= 11 is 1.48. The van der Waals surface area contributed by atoms with Gasteiger partial charge in [0.2, 0.25) is 0 Å². The molecule has 0 bridgehead atoms. The number of thiazole rings is 1. The molecule has 1 fully saturated rings. The Hall–Kier alpha value is -2.87. The van der Waals surface area contributed by atoms with Gasteiger partial charge in [-0.05, 0) is 43.5 Å². The van der Waals surface area contributed by atoms with E-state index < -0.39 is 0 Å². The molecule has 0 spiro atoms. The average Bonchev–Trinajstić information content (AvgIpc) is 3.33. The van der Waals surface area contributed by atoms with E-state index >= 15 is 0 Å². The van der Waals surface area contributed by atoms with E-state index in [1.807, 2.05) is 0 Å². The normalized spacial score (nSPS) is 18.6. The number of amides is 1. The predicted octanol–water partition coefficient (Wildman–Crippen LogP) is 4.22. The Kier molecular flexibility index (Phi) is 5.53. The lowest BCUT2D eigenvalue weighted by Crippen LogP contribution is -2.43. The lowest BCUT2D eigenvalue weighted by Gasteiger charge is -2.23. The van der Waals surface area contributed by atoms with E-state index in [0.717, 1.165) is 29.1 Å². The number of benzene rings is 2. The molecular weight excluding hydrogens is 393 g/mol. The third-order valence-corrected chi connectivity index (χ3v) is 6.11. The number of methoxy groups -OCH3 is 2. The molecule has 0 unspecified atom stereocenters. The van der Waals surface area contributed by atoms with E-state index in [9.17, 15) is 9.18 Å². The summed E-state index contributed by atoms with van der Waals surface area (Å²) in [7, 11) is 3.06. The highest BCUT2D eigenvalue weighted by Crippen LogP contribution is 2.32. The van der Waals surface area contributed by atoms with Crippen LogP contribution in [0.5, 0.6) is 11.5 Å². The molecule has 0 radical (unpaired) electrons. The minimum atomic E-state index is -0.300. The van der Waals surface area contributed by atoms with Crippen LogP contribution in [0.3, 0.4) is 0 Å². The van der Waals surface area contributed by atoms with Gasteiger partial charge >= 0.3 is 0 Å². The van der Waals surface area contributed by atoms with Crippen LogP contribution in [0.25, 0.3) is 10.2 Å². The van der Waals surface area contributed by atoms with Gasteiger partial charge in [-0.2, -0.15) is 0 Å². The average molecular weight is 415 g/mol. The number of anilines is 1. The number of carbonyl (C=O) groups excluding carboxylic acids is 1. The highest BCUT2D eigenvalue weighted by atomic mass is 32.1. The number of aromatic nitrogens is 1. The van der Waals surface area contributed by atoms with Crippen molar-refractivity contribution < 1.29 is 18.7 Å². The van der Waals surface area contributed by atoms with Gasteiger partial charge in [-0.1, -0.05) is 17.4 Å². The molecule has 1 aromatic heterocycles. The molecule has 0 aliphatic heterocycles. The molecule has 1 heterocycles. The Bertz CT molecular complexity index is 1020. The van der Waals surface area contributed by atoms with Crippen LogP contribution in [0.1, 0.15) is 29.6 Å². The van der Waals surface area contributed by atoms with Crippen molar-refractivity contribution in [3.63, 3.8) is 0 Å². The molecule has 1 amide bonds. The fourth-order valence-electron chi connectivity index (χ4n) is 3.74. The van der Waals surface area contributed by atoms with Gasteiger partial charge in [-0.25, -0.2) is 9.37 Å². The van der Waals surface area contributed by atoms with Crippen LogP contribution in [0.4, 0.5) is 9.52 Å². The SMILES string of the molecule is COc1cccc(OC)c1C(=O)N[C@H]1CCC[C@H]1Nc1nc2cc(F)ccc2s1. The third-order valence-electron chi connectivity index (χ3n) is 5.15. The first kappa shape index (κ1) is 19.4. The summed E-state index contributed by atoms with van der Waals surface area (Å²) in [6, 6.07) is 9.85. The van der Waals surface area contributed by atoms with Gasteiger partial charge in [-0.15, -0.1) is 0 Å². The Balaban J connectivity index is 1.51. The van der Waals surface area contributed by atoms with Gasteiger partial charge in [0.1, 0.15) is 22.9 Å². The maximum absolute atomic E-state index is 13.4. The molecule has 0 saturated heterocycles. The van der Waals surface area contributed by atoms with Crippen LogP contribution in [0, 0.1) is 5.82 Å². The van der Waals surface area contributed by atoms with E-state index in [0.29, 0.717) is 22.6 Å². The van der Waals surface area contributed by atoms with Gasteiger partial charge in [-0.3, -0.25) is 4.79 Å². The van der Waals surface area contributed by atoms with Crippen molar-refractivity contribution >= 4 is 32.6 Å². The predicted molar refractivity (Wildman–Crippen MR) is 112 cm³/mol. The fraction of sp³-hybridized carbons (Fsp3) is 0.333. The van der Waals surface area contributed by atoms with Gasteiger partial charge in [0.15, 0.2) is 5.13 Å². The molecule has 2 atom stereocenters. The zero-order valence-corrected chi connectivity index (χ0v) is 17.0. The molecule has 1 aliphatic rings. The van der Waals surface area contributed by atoms with Crippen molar-refractivity contribution in [3.8, 4) is 11.5 Å². The highest BCUT2D eigenvalue weighted by Gasteiger charge is 2.31. The topological polar surface area (TPSA) is 72.5 Å². The molecular formula is C21H22FN3O3S. The second kappa shape index (κ2) is 8.24. The van der Waals surface area contributed by atoms with E-state index in [2.05, 4.69) is 15.6 Å². The first-order valence-electron chi connectivity index (χ1n) is 9.43. The van der Waals surface area contributed by atoms with Crippen molar-refractivity contribution in [1.29, 1.82) is 0 Å². The quantitative estimate of drug-likeness (QED) is 0.631. The lowest BCUT2D eigenvalue weighted by atomic mass is 10.1. The summed E-state index contributed by atoms with van der Waals surface area (Å²) in [6.07, 6.45) is 2.77. The Labute approximate surface area is 172 Å². The lowest BCUT2D eigenvalue weighted by molar-refractivity contribution is 0.0929. The molecule has 29 heavy (non-hydrogen) atoms. The Morgan fingerprint density at radius 3 is 2.59 bits per heavy atom. The minimum Gasteiger partial charge on any atom is -0.496 e. The van der Waals surface area contributed by atoms with Gasteiger partial charge in [0, 0.05) is 18.2 Å². The van der Waals surface area contributed by atoms with Crippen LogP contribution >= 0.6 is 11.3 Å². The van der Waals surface area contributed by atoms with Crippen LogP contribution in [-0.2, 0) is 0 Å². The number of hydrogen-bond acceptors (Lipinski definition) is 6. The van der Waals surface area contributed by atoms with Crippen molar-refractivity contribution in [1.82, 2.24) is 10.3 Å². The second-order valence-electron chi connectivity index (χ2n) is 6.93. The van der Waals surface area contributed by atoms with Crippen LogP contribution in [-0.4, -0.2) is 37.2 Å². The van der Waals surface area contributed by atoms with Gasteiger partial charge in [0.25, 0.3) is 5.91 Å². The molecule has 152 valence electrons. The summed E-state index contributed by atoms with van der Waals surface area (Å²) in [5, 5.41) is 7.26.